The summed E-state index contributed by atoms with van der Waals surface area (Å²) in [4.78, 5) is 22.9. The lowest BCUT2D eigenvalue weighted by molar-refractivity contribution is -0.140. The lowest BCUT2D eigenvalue weighted by Gasteiger charge is -2.27. The average Bonchev–Trinajstić information content (AvgIpc) is 2.37. The topological polar surface area (TPSA) is 98.7 Å². The van der Waals surface area contributed by atoms with Gasteiger partial charge in [-0.25, -0.2) is 9.59 Å². The Morgan fingerprint density at radius 2 is 1.84 bits per heavy atom. The fraction of sp³-hybridized carbons (Fsp3) is 0.846. The first-order valence-electron chi connectivity index (χ1n) is 6.92. The van der Waals surface area contributed by atoms with E-state index in [4.69, 9.17) is 5.11 Å². The third-order valence-electron chi connectivity index (χ3n) is 3.80. The Kier molecular flexibility index (Phi) is 6.08. The molecule has 0 aromatic rings. The van der Waals surface area contributed by atoms with E-state index in [1.54, 1.807) is 6.92 Å². The second-order valence-electron chi connectivity index (χ2n) is 5.32. The molecule has 2 unspecified atom stereocenters. The summed E-state index contributed by atoms with van der Waals surface area (Å²) in [6.45, 7) is 3.69. The highest BCUT2D eigenvalue weighted by atomic mass is 16.4. The molecular weight excluding hydrogens is 248 g/mol. The smallest absolute Gasteiger partial charge is 0.326 e. The number of carbonyl (C=O) groups excluding carboxylic acids is 1. The van der Waals surface area contributed by atoms with Gasteiger partial charge in [-0.2, -0.15) is 0 Å². The number of aliphatic hydroxyl groups excluding tert-OH is 1. The van der Waals surface area contributed by atoms with Crippen molar-refractivity contribution >= 4 is 12.0 Å². The fourth-order valence-electron chi connectivity index (χ4n) is 2.27. The molecule has 6 heteroatoms. The standard InChI is InChI=1S/C13H24N2O4/c1-3-8(2)11(12(17)18)15-13(19)14-9-4-6-10(16)7-5-9/h8-11,16H,3-7H2,1-2H3,(H,17,18)(H2,14,15,19). The van der Waals surface area contributed by atoms with Crippen LogP contribution in [0.15, 0.2) is 0 Å². The van der Waals surface area contributed by atoms with Gasteiger partial charge in [0, 0.05) is 6.04 Å². The minimum atomic E-state index is -1.01. The van der Waals surface area contributed by atoms with E-state index in [0.717, 1.165) is 12.8 Å². The molecular formula is C13H24N2O4. The molecule has 0 spiro atoms. The van der Waals surface area contributed by atoms with E-state index < -0.39 is 18.0 Å². The highest BCUT2D eigenvalue weighted by molar-refractivity contribution is 5.82. The molecule has 6 nitrogen and oxygen atoms in total. The molecule has 0 aliphatic heterocycles. The van der Waals surface area contributed by atoms with Crippen LogP contribution in [-0.2, 0) is 4.79 Å². The summed E-state index contributed by atoms with van der Waals surface area (Å²) in [6.07, 6.45) is 3.24. The summed E-state index contributed by atoms with van der Waals surface area (Å²) in [7, 11) is 0. The van der Waals surface area contributed by atoms with Gasteiger partial charge in [0.1, 0.15) is 6.04 Å². The monoisotopic (exact) mass is 272 g/mol. The zero-order chi connectivity index (χ0) is 14.4. The molecule has 19 heavy (non-hydrogen) atoms. The SMILES string of the molecule is CCC(C)C(NC(=O)NC1CCC(O)CC1)C(=O)O. The summed E-state index contributed by atoms with van der Waals surface area (Å²) in [5.41, 5.74) is 0. The van der Waals surface area contributed by atoms with Gasteiger partial charge in [-0.05, 0) is 31.6 Å². The normalized spacial score (nSPS) is 26.3. The van der Waals surface area contributed by atoms with Crippen molar-refractivity contribution in [2.45, 2.75) is 64.1 Å². The maximum atomic E-state index is 11.8. The Hall–Kier alpha value is -1.30. The molecule has 0 aromatic carbocycles. The number of aliphatic hydroxyl groups is 1. The van der Waals surface area contributed by atoms with E-state index in [-0.39, 0.29) is 18.1 Å². The Balaban J connectivity index is 2.42. The lowest BCUT2D eigenvalue weighted by Crippen LogP contribution is -2.52. The summed E-state index contributed by atoms with van der Waals surface area (Å²) >= 11 is 0. The molecule has 1 aliphatic carbocycles. The number of aliphatic carboxylic acids is 1. The first-order chi connectivity index (χ1) is 8.93. The number of carboxylic acid groups (broad SMARTS) is 1. The van der Waals surface area contributed by atoms with Crippen LogP contribution in [0.3, 0.4) is 0 Å². The first kappa shape index (κ1) is 15.8. The van der Waals surface area contributed by atoms with Crippen molar-refractivity contribution in [1.29, 1.82) is 0 Å². The molecule has 0 aromatic heterocycles. The van der Waals surface area contributed by atoms with E-state index >= 15 is 0 Å². The van der Waals surface area contributed by atoms with Crippen LogP contribution in [0.4, 0.5) is 4.79 Å². The van der Waals surface area contributed by atoms with Crippen LogP contribution in [0.5, 0.6) is 0 Å². The van der Waals surface area contributed by atoms with E-state index in [2.05, 4.69) is 10.6 Å². The molecule has 0 bridgehead atoms. The highest BCUT2D eigenvalue weighted by Gasteiger charge is 2.27. The molecule has 0 saturated heterocycles. The van der Waals surface area contributed by atoms with Gasteiger partial charge in [-0.3, -0.25) is 0 Å². The number of amides is 2. The average molecular weight is 272 g/mol. The summed E-state index contributed by atoms with van der Waals surface area (Å²) in [5.74, 6) is -1.13. The van der Waals surface area contributed by atoms with Gasteiger partial charge < -0.3 is 20.8 Å². The first-order valence-corrected chi connectivity index (χ1v) is 6.92. The van der Waals surface area contributed by atoms with Crippen molar-refractivity contribution < 1.29 is 19.8 Å². The molecule has 1 rings (SSSR count). The van der Waals surface area contributed by atoms with Gasteiger partial charge in [0.05, 0.1) is 6.10 Å². The third kappa shape index (κ3) is 5.06. The molecule has 1 fully saturated rings. The summed E-state index contributed by atoms with van der Waals surface area (Å²) in [6, 6.07) is -1.27. The van der Waals surface area contributed by atoms with Gasteiger partial charge in [0.25, 0.3) is 0 Å². The Morgan fingerprint density at radius 1 is 1.26 bits per heavy atom. The van der Waals surface area contributed by atoms with Crippen LogP contribution in [0.1, 0.15) is 46.0 Å². The van der Waals surface area contributed by atoms with Gasteiger partial charge >= 0.3 is 12.0 Å². The lowest BCUT2D eigenvalue weighted by atomic mass is 9.93. The van der Waals surface area contributed by atoms with E-state index in [0.29, 0.717) is 19.3 Å². The van der Waals surface area contributed by atoms with Crippen molar-refractivity contribution in [3.8, 4) is 0 Å². The fourth-order valence-corrected chi connectivity index (χ4v) is 2.27. The Morgan fingerprint density at radius 3 is 2.32 bits per heavy atom. The van der Waals surface area contributed by atoms with Crippen LogP contribution in [0, 0.1) is 5.92 Å². The molecule has 1 aliphatic rings. The van der Waals surface area contributed by atoms with Crippen LogP contribution in [0.25, 0.3) is 0 Å². The number of hydrogen-bond donors (Lipinski definition) is 4. The molecule has 2 amide bonds. The number of urea groups is 1. The molecule has 2 atom stereocenters. The number of rotatable bonds is 5. The molecule has 0 heterocycles. The van der Waals surface area contributed by atoms with Crippen LogP contribution in [-0.4, -0.2) is 40.4 Å². The predicted molar refractivity (Wildman–Crippen MR) is 70.8 cm³/mol. The molecule has 4 N–H and O–H groups in total. The van der Waals surface area contributed by atoms with Gasteiger partial charge in [0.2, 0.25) is 0 Å². The Labute approximate surface area is 113 Å². The van der Waals surface area contributed by atoms with Crippen molar-refractivity contribution in [2.75, 3.05) is 0 Å². The third-order valence-corrected chi connectivity index (χ3v) is 3.80. The zero-order valence-electron chi connectivity index (χ0n) is 11.6. The van der Waals surface area contributed by atoms with Crippen molar-refractivity contribution in [3.05, 3.63) is 0 Å². The molecule has 0 radical (unpaired) electrons. The second kappa shape index (κ2) is 7.33. The van der Waals surface area contributed by atoms with Crippen LogP contribution in [0.2, 0.25) is 0 Å². The number of nitrogens with one attached hydrogen (secondary N) is 2. The molecule has 110 valence electrons. The molecule has 1 saturated carbocycles. The van der Waals surface area contributed by atoms with Crippen molar-refractivity contribution in [3.63, 3.8) is 0 Å². The number of carboxylic acids is 1. The minimum absolute atomic E-state index is 0.0229. The maximum absolute atomic E-state index is 11.8. The van der Waals surface area contributed by atoms with E-state index in [1.165, 1.54) is 0 Å². The second-order valence-corrected chi connectivity index (χ2v) is 5.32. The summed E-state index contributed by atoms with van der Waals surface area (Å²) < 4.78 is 0. The quantitative estimate of drug-likeness (QED) is 0.602. The number of hydrogen-bond acceptors (Lipinski definition) is 3. The number of carbonyl (C=O) groups is 2. The maximum Gasteiger partial charge on any atom is 0.326 e. The van der Waals surface area contributed by atoms with Gasteiger partial charge in [-0.1, -0.05) is 20.3 Å². The minimum Gasteiger partial charge on any atom is -0.480 e. The Bertz CT molecular complexity index is 314. The van der Waals surface area contributed by atoms with Gasteiger partial charge in [-0.15, -0.1) is 0 Å². The van der Waals surface area contributed by atoms with Gasteiger partial charge in [0.15, 0.2) is 0 Å². The van der Waals surface area contributed by atoms with E-state index in [9.17, 15) is 14.7 Å². The summed E-state index contributed by atoms with van der Waals surface area (Å²) in [5, 5.41) is 23.8. The van der Waals surface area contributed by atoms with E-state index in [1.807, 2.05) is 6.92 Å². The van der Waals surface area contributed by atoms with Crippen LogP contribution >= 0.6 is 0 Å². The zero-order valence-corrected chi connectivity index (χ0v) is 11.6. The predicted octanol–water partition coefficient (Wildman–Crippen LogP) is 1.09. The largest absolute Gasteiger partial charge is 0.480 e. The van der Waals surface area contributed by atoms with Crippen LogP contribution < -0.4 is 10.6 Å². The highest BCUT2D eigenvalue weighted by Crippen LogP contribution is 2.18. The van der Waals surface area contributed by atoms with Crippen molar-refractivity contribution in [2.24, 2.45) is 5.92 Å². The van der Waals surface area contributed by atoms with Crippen molar-refractivity contribution in [1.82, 2.24) is 10.6 Å².